The van der Waals surface area contributed by atoms with Crippen molar-refractivity contribution in [1.82, 2.24) is 14.5 Å². The molecule has 0 spiro atoms. The van der Waals surface area contributed by atoms with Crippen LogP contribution in [0.5, 0.6) is 0 Å². The number of carbonyl (C=O) groups excluding carboxylic acids is 2. The molecule has 0 saturated carbocycles. The zero-order valence-corrected chi connectivity index (χ0v) is 16.9. The van der Waals surface area contributed by atoms with E-state index in [-0.39, 0.29) is 18.8 Å². The molecule has 1 saturated heterocycles. The molecule has 0 bridgehead atoms. The van der Waals surface area contributed by atoms with Gasteiger partial charge in [-0.2, -0.15) is 4.31 Å². The van der Waals surface area contributed by atoms with E-state index in [1.54, 1.807) is 18.7 Å². The van der Waals surface area contributed by atoms with Crippen molar-refractivity contribution in [2.45, 2.75) is 19.9 Å². The quantitative estimate of drug-likeness (QED) is 0.607. The summed E-state index contributed by atoms with van der Waals surface area (Å²) in [6.45, 7) is 3.95. The molecule has 1 unspecified atom stereocenters. The van der Waals surface area contributed by atoms with Crippen LogP contribution in [0.25, 0.3) is 0 Å². The van der Waals surface area contributed by atoms with Crippen molar-refractivity contribution >= 4 is 27.5 Å². The number of nitrogens with zero attached hydrogens (tertiary/aromatic N) is 2. The molecule has 2 amide bonds. The SMILES string of the molecule is CCS(=O)(=O)N1CCN(C(C)C(=O)NCC(=O)Nc2ccc(F)c(F)c2F)CC1. The van der Waals surface area contributed by atoms with Gasteiger partial charge in [-0.25, -0.2) is 21.6 Å². The fourth-order valence-corrected chi connectivity index (χ4v) is 3.93. The maximum Gasteiger partial charge on any atom is 0.243 e. The van der Waals surface area contributed by atoms with Crippen LogP contribution in [0.2, 0.25) is 0 Å². The van der Waals surface area contributed by atoms with Crippen LogP contribution in [0.15, 0.2) is 12.1 Å². The monoisotopic (exact) mass is 436 g/mol. The predicted molar refractivity (Wildman–Crippen MR) is 100 cm³/mol. The molecule has 2 N–H and O–H groups in total. The van der Waals surface area contributed by atoms with Crippen molar-refractivity contribution in [2.24, 2.45) is 0 Å². The highest BCUT2D eigenvalue weighted by atomic mass is 32.2. The van der Waals surface area contributed by atoms with Gasteiger partial charge in [0.2, 0.25) is 21.8 Å². The third-order valence-electron chi connectivity index (χ3n) is 4.69. The maximum atomic E-state index is 13.6. The molecule has 1 heterocycles. The van der Waals surface area contributed by atoms with E-state index in [2.05, 4.69) is 10.6 Å². The molecule has 162 valence electrons. The number of hydrogen-bond donors (Lipinski definition) is 2. The number of rotatable bonds is 7. The first-order valence-corrected chi connectivity index (χ1v) is 10.6. The minimum Gasteiger partial charge on any atom is -0.346 e. The Kier molecular flexibility index (Phi) is 7.60. The van der Waals surface area contributed by atoms with Gasteiger partial charge in [-0.1, -0.05) is 0 Å². The molecule has 12 heteroatoms. The Morgan fingerprint density at radius 3 is 2.31 bits per heavy atom. The number of carbonyl (C=O) groups is 2. The normalized spacial score (nSPS) is 17.0. The highest BCUT2D eigenvalue weighted by molar-refractivity contribution is 7.89. The summed E-state index contributed by atoms with van der Waals surface area (Å²) in [7, 11) is -3.28. The standard InChI is InChI=1S/C17H23F3N4O4S/c1-3-29(27,28)24-8-6-23(7-9-24)11(2)17(26)21-10-14(25)22-13-5-4-12(18)15(19)16(13)20/h4-5,11H,3,6-10H2,1-2H3,(H,21,26)(H,22,25). The lowest BCUT2D eigenvalue weighted by molar-refractivity contribution is -0.128. The molecule has 0 aliphatic carbocycles. The Hall–Kier alpha value is -2.18. The van der Waals surface area contributed by atoms with Gasteiger partial charge in [0.1, 0.15) is 0 Å². The first kappa shape index (κ1) is 23.1. The van der Waals surface area contributed by atoms with Crippen molar-refractivity contribution in [3.05, 3.63) is 29.6 Å². The summed E-state index contributed by atoms with van der Waals surface area (Å²) in [5.74, 6) is -5.89. The van der Waals surface area contributed by atoms with Crippen molar-refractivity contribution in [3.63, 3.8) is 0 Å². The number of amides is 2. The van der Waals surface area contributed by atoms with Crippen LogP contribution in [0.3, 0.4) is 0 Å². The molecule has 0 aromatic heterocycles. The number of nitrogens with one attached hydrogen (secondary N) is 2. The van der Waals surface area contributed by atoms with Gasteiger partial charge >= 0.3 is 0 Å². The fourth-order valence-electron chi connectivity index (χ4n) is 2.85. The average molecular weight is 436 g/mol. The van der Waals surface area contributed by atoms with Gasteiger partial charge in [0.15, 0.2) is 17.5 Å². The zero-order chi connectivity index (χ0) is 21.8. The minimum absolute atomic E-state index is 0.0106. The molecular formula is C17H23F3N4O4S. The number of sulfonamides is 1. The number of piperazine rings is 1. The van der Waals surface area contributed by atoms with Gasteiger partial charge in [0.05, 0.1) is 24.0 Å². The lowest BCUT2D eigenvalue weighted by atomic mass is 10.2. The van der Waals surface area contributed by atoms with Crippen molar-refractivity contribution < 1.29 is 31.2 Å². The highest BCUT2D eigenvalue weighted by Gasteiger charge is 2.30. The van der Waals surface area contributed by atoms with E-state index >= 15 is 0 Å². The minimum atomic E-state index is -3.28. The van der Waals surface area contributed by atoms with E-state index in [9.17, 15) is 31.2 Å². The van der Waals surface area contributed by atoms with Gasteiger partial charge in [0.25, 0.3) is 0 Å². The summed E-state index contributed by atoms with van der Waals surface area (Å²) in [4.78, 5) is 25.9. The Labute approximate surface area is 167 Å². The van der Waals surface area contributed by atoms with E-state index in [4.69, 9.17) is 0 Å². The van der Waals surface area contributed by atoms with Gasteiger partial charge < -0.3 is 10.6 Å². The third-order valence-corrected chi connectivity index (χ3v) is 6.57. The summed E-state index contributed by atoms with van der Waals surface area (Å²) >= 11 is 0. The Balaban J connectivity index is 1.83. The lowest BCUT2D eigenvalue weighted by Crippen LogP contribution is -2.55. The second kappa shape index (κ2) is 9.55. The summed E-state index contributed by atoms with van der Waals surface area (Å²) in [6, 6.07) is 0.932. The lowest BCUT2D eigenvalue weighted by Gasteiger charge is -2.36. The number of benzene rings is 1. The Morgan fingerprint density at radius 2 is 1.72 bits per heavy atom. The third kappa shape index (κ3) is 5.67. The van der Waals surface area contributed by atoms with Crippen LogP contribution in [-0.4, -0.2) is 74.0 Å². The molecule has 1 fully saturated rings. The largest absolute Gasteiger partial charge is 0.346 e. The maximum absolute atomic E-state index is 13.6. The summed E-state index contributed by atoms with van der Waals surface area (Å²) in [5.41, 5.74) is -0.538. The van der Waals surface area contributed by atoms with E-state index in [1.165, 1.54) is 4.31 Å². The molecule has 2 rings (SSSR count). The van der Waals surface area contributed by atoms with Crippen molar-refractivity contribution in [1.29, 1.82) is 0 Å². The molecule has 29 heavy (non-hydrogen) atoms. The van der Waals surface area contributed by atoms with Crippen LogP contribution in [0.1, 0.15) is 13.8 Å². The smallest absolute Gasteiger partial charge is 0.243 e. The van der Waals surface area contributed by atoms with Crippen LogP contribution >= 0.6 is 0 Å². The number of halogens is 3. The van der Waals surface area contributed by atoms with Gasteiger partial charge in [-0.15, -0.1) is 0 Å². The molecule has 1 aliphatic rings. The van der Waals surface area contributed by atoms with Gasteiger partial charge in [-0.05, 0) is 26.0 Å². The molecule has 0 radical (unpaired) electrons. The fraction of sp³-hybridized carbons (Fsp3) is 0.529. The second-order valence-electron chi connectivity index (χ2n) is 6.50. The first-order valence-electron chi connectivity index (χ1n) is 8.99. The van der Waals surface area contributed by atoms with Crippen LogP contribution in [0, 0.1) is 17.5 Å². The number of hydrogen-bond acceptors (Lipinski definition) is 5. The summed E-state index contributed by atoms with van der Waals surface area (Å²) in [5, 5.41) is 4.44. The van der Waals surface area contributed by atoms with E-state index in [1.807, 2.05) is 0 Å². The summed E-state index contributed by atoms with van der Waals surface area (Å²) < 4.78 is 64.7. The molecule has 1 aromatic rings. The van der Waals surface area contributed by atoms with Gasteiger partial charge in [-0.3, -0.25) is 14.5 Å². The molecule has 8 nitrogen and oxygen atoms in total. The first-order chi connectivity index (χ1) is 13.6. The van der Waals surface area contributed by atoms with Gasteiger partial charge in [0, 0.05) is 26.2 Å². The van der Waals surface area contributed by atoms with Crippen LogP contribution in [-0.2, 0) is 19.6 Å². The van der Waals surface area contributed by atoms with Crippen LogP contribution in [0.4, 0.5) is 18.9 Å². The highest BCUT2D eigenvalue weighted by Crippen LogP contribution is 2.19. The second-order valence-corrected chi connectivity index (χ2v) is 8.76. The van der Waals surface area contributed by atoms with Crippen LogP contribution < -0.4 is 10.6 Å². The number of anilines is 1. The molecule has 1 aromatic carbocycles. The van der Waals surface area contributed by atoms with Crippen molar-refractivity contribution in [3.8, 4) is 0 Å². The van der Waals surface area contributed by atoms with E-state index in [0.29, 0.717) is 19.2 Å². The zero-order valence-electron chi connectivity index (χ0n) is 16.0. The Morgan fingerprint density at radius 1 is 1.10 bits per heavy atom. The molecule has 1 aliphatic heterocycles. The topological polar surface area (TPSA) is 98.8 Å². The predicted octanol–water partition coefficient (Wildman–Crippen LogP) is 0.514. The van der Waals surface area contributed by atoms with E-state index < -0.39 is 57.6 Å². The van der Waals surface area contributed by atoms with Crippen molar-refractivity contribution in [2.75, 3.05) is 43.8 Å². The average Bonchev–Trinajstić information content (AvgIpc) is 2.72. The molecular weight excluding hydrogens is 413 g/mol. The Bertz CT molecular complexity index is 874. The summed E-state index contributed by atoms with van der Waals surface area (Å²) in [6.07, 6.45) is 0. The van der Waals surface area contributed by atoms with E-state index in [0.717, 1.165) is 6.07 Å². The molecule has 1 atom stereocenters.